The molecule has 7 heteroatoms. The van der Waals surface area contributed by atoms with Crippen LogP contribution in [0, 0.1) is 13.7 Å². The smallest absolute Gasteiger partial charge is 0.287 e. The highest BCUT2D eigenvalue weighted by Crippen LogP contribution is 2.25. The summed E-state index contributed by atoms with van der Waals surface area (Å²) in [6, 6.07) is 11.2. The number of carbonyl (C=O) groups excluding carboxylic acids is 1. The fourth-order valence-electron chi connectivity index (χ4n) is 1.55. The van der Waals surface area contributed by atoms with Crippen LogP contribution in [0.25, 0.3) is 0 Å². The van der Waals surface area contributed by atoms with Gasteiger partial charge in [0, 0.05) is 15.2 Å². The van der Waals surface area contributed by atoms with Crippen molar-refractivity contribution in [3.8, 4) is 0 Å². The van der Waals surface area contributed by atoms with Gasteiger partial charge in [-0.05, 0) is 46.9 Å². The van der Waals surface area contributed by atoms with Crippen LogP contribution in [-0.2, 0) is 0 Å². The Balaban J connectivity index is 2.24. The van der Waals surface area contributed by atoms with Crippen LogP contribution in [0.4, 0.5) is 11.4 Å². The third kappa shape index (κ3) is 3.26. The van der Waals surface area contributed by atoms with Gasteiger partial charge in [-0.15, -0.1) is 0 Å². The summed E-state index contributed by atoms with van der Waals surface area (Å²) in [6.45, 7) is 0. The van der Waals surface area contributed by atoms with Gasteiger partial charge < -0.3 is 5.32 Å². The highest BCUT2D eigenvalue weighted by Gasteiger charge is 2.15. The minimum Gasteiger partial charge on any atom is -0.321 e. The molecular formula is C13H8ClIN2O3. The number of nitro groups is 1. The van der Waals surface area contributed by atoms with Gasteiger partial charge in [-0.1, -0.05) is 23.7 Å². The lowest BCUT2D eigenvalue weighted by Gasteiger charge is -2.07. The van der Waals surface area contributed by atoms with E-state index in [-0.39, 0.29) is 22.2 Å². The molecule has 20 heavy (non-hydrogen) atoms. The van der Waals surface area contributed by atoms with E-state index < -0.39 is 4.92 Å². The number of nitrogens with one attached hydrogen (secondary N) is 1. The van der Waals surface area contributed by atoms with Crippen molar-refractivity contribution in [1.82, 2.24) is 0 Å². The van der Waals surface area contributed by atoms with Gasteiger partial charge in [0.15, 0.2) is 0 Å². The first-order chi connectivity index (χ1) is 9.49. The molecule has 2 aromatic carbocycles. The van der Waals surface area contributed by atoms with Gasteiger partial charge in [-0.25, -0.2) is 0 Å². The lowest BCUT2D eigenvalue weighted by Crippen LogP contribution is -2.12. The molecule has 0 aliphatic carbocycles. The van der Waals surface area contributed by atoms with Crippen molar-refractivity contribution in [3.05, 3.63) is 66.7 Å². The molecule has 0 heterocycles. The molecule has 0 bridgehead atoms. The maximum atomic E-state index is 12.1. The average molecular weight is 403 g/mol. The molecule has 0 spiro atoms. The predicted molar refractivity (Wildman–Crippen MR) is 85.2 cm³/mol. The first kappa shape index (κ1) is 14.7. The molecule has 0 aliphatic heterocycles. The van der Waals surface area contributed by atoms with Crippen LogP contribution in [-0.4, -0.2) is 10.8 Å². The van der Waals surface area contributed by atoms with Crippen molar-refractivity contribution >= 4 is 51.5 Å². The maximum absolute atomic E-state index is 12.1. The van der Waals surface area contributed by atoms with Gasteiger partial charge in [0.05, 0.1) is 10.6 Å². The molecule has 0 atom stereocenters. The van der Waals surface area contributed by atoms with Crippen LogP contribution in [0.1, 0.15) is 10.4 Å². The Hall–Kier alpha value is -1.67. The highest BCUT2D eigenvalue weighted by molar-refractivity contribution is 14.1. The van der Waals surface area contributed by atoms with Crippen LogP contribution >= 0.6 is 34.2 Å². The molecule has 2 rings (SSSR count). The number of hydrogen-bond donors (Lipinski definition) is 1. The third-order valence-corrected chi connectivity index (χ3v) is 3.77. The Bertz CT molecular complexity index is 691. The molecule has 0 aliphatic rings. The molecule has 0 fully saturated rings. The van der Waals surface area contributed by atoms with Crippen LogP contribution in [0.3, 0.4) is 0 Å². The van der Waals surface area contributed by atoms with Crippen molar-refractivity contribution in [1.29, 1.82) is 0 Å². The average Bonchev–Trinajstić information content (AvgIpc) is 2.40. The summed E-state index contributed by atoms with van der Waals surface area (Å²) in [5.74, 6) is -0.370. The summed E-state index contributed by atoms with van der Waals surface area (Å²) in [5.41, 5.74) is 0.713. The van der Waals surface area contributed by atoms with Crippen molar-refractivity contribution in [3.63, 3.8) is 0 Å². The van der Waals surface area contributed by atoms with Crippen molar-refractivity contribution < 1.29 is 9.72 Å². The summed E-state index contributed by atoms with van der Waals surface area (Å²) in [6.07, 6.45) is 0. The first-order valence-electron chi connectivity index (χ1n) is 5.49. The lowest BCUT2D eigenvalue weighted by molar-refractivity contribution is -0.384. The largest absolute Gasteiger partial charge is 0.321 e. The summed E-state index contributed by atoms with van der Waals surface area (Å²) >= 11 is 7.88. The van der Waals surface area contributed by atoms with Crippen LogP contribution in [0.5, 0.6) is 0 Å². The van der Waals surface area contributed by atoms with E-state index in [4.69, 9.17) is 11.6 Å². The molecule has 102 valence electrons. The van der Waals surface area contributed by atoms with Gasteiger partial charge in [-0.3, -0.25) is 14.9 Å². The monoisotopic (exact) mass is 402 g/mol. The quantitative estimate of drug-likeness (QED) is 0.477. The number of para-hydroxylation sites is 1. The Morgan fingerprint density at radius 1 is 1.25 bits per heavy atom. The zero-order chi connectivity index (χ0) is 14.7. The molecule has 0 radical (unpaired) electrons. The molecule has 2 aromatic rings. The van der Waals surface area contributed by atoms with E-state index >= 15 is 0 Å². The standard InChI is InChI=1S/C13H8ClIN2O3/c14-9-7-8(5-6-12(9)17(19)20)13(18)16-11-4-2-1-3-10(11)15/h1-7H,(H,16,18). The maximum Gasteiger partial charge on any atom is 0.287 e. The van der Waals surface area contributed by atoms with E-state index in [9.17, 15) is 14.9 Å². The number of carbonyl (C=O) groups is 1. The van der Waals surface area contributed by atoms with Crippen molar-refractivity contribution in [2.75, 3.05) is 5.32 Å². The summed E-state index contributed by atoms with van der Waals surface area (Å²) in [4.78, 5) is 22.1. The van der Waals surface area contributed by atoms with E-state index in [2.05, 4.69) is 27.9 Å². The molecule has 0 unspecified atom stereocenters. The number of halogens is 2. The molecule has 5 nitrogen and oxygen atoms in total. The molecule has 1 amide bonds. The number of anilines is 1. The second-order valence-electron chi connectivity index (χ2n) is 3.86. The van der Waals surface area contributed by atoms with E-state index in [0.717, 1.165) is 3.57 Å². The number of rotatable bonds is 3. The lowest BCUT2D eigenvalue weighted by atomic mass is 10.2. The zero-order valence-electron chi connectivity index (χ0n) is 9.97. The first-order valence-corrected chi connectivity index (χ1v) is 6.94. The molecular weight excluding hydrogens is 395 g/mol. The van der Waals surface area contributed by atoms with Crippen LogP contribution < -0.4 is 5.32 Å². The fraction of sp³-hybridized carbons (Fsp3) is 0. The Labute approximate surface area is 133 Å². The van der Waals surface area contributed by atoms with Gasteiger partial charge in [0.1, 0.15) is 5.02 Å². The van der Waals surface area contributed by atoms with Crippen LogP contribution in [0.15, 0.2) is 42.5 Å². The Kier molecular flexibility index (Phi) is 4.56. The second-order valence-corrected chi connectivity index (χ2v) is 5.43. The van der Waals surface area contributed by atoms with Crippen LogP contribution in [0.2, 0.25) is 5.02 Å². The minimum absolute atomic E-state index is 0.0644. The van der Waals surface area contributed by atoms with Gasteiger partial charge >= 0.3 is 0 Å². The normalized spacial score (nSPS) is 10.1. The van der Waals surface area contributed by atoms with E-state index in [1.165, 1.54) is 18.2 Å². The number of benzene rings is 2. The fourth-order valence-corrected chi connectivity index (χ4v) is 2.33. The van der Waals surface area contributed by atoms with Gasteiger partial charge in [-0.2, -0.15) is 0 Å². The summed E-state index contributed by atoms with van der Waals surface area (Å²) in [7, 11) is 0. The van der Waals surface area contributed by atoms with Crippen molar-refractivity contribution in [2.24, 2.45) is 0 Å². The highest BCUT2D eigenvalue weighted by atomic mass is 127. The number of nitro benzene ring substituents is 1. The van der Waals surface area contributed by atoms with E-state index in [1.807, 2.05) is 12.1 Å². The molecule has 1 N–H and O–H groups in total. The summed E-state index contributed by atoms with van der Waals surface area (Å²) in [5, 5.41) is 13.3. The number of amides is 1. The predicted octanol–water partition coefficient (Wildman–Crippen LogP) is 4.11. The van der Waals surface area contributed by atoms with E-state index in [0.29, 0.717) is 5.69 Å². The summed E-state index contributed by atoms with van der Waals surface area (Å²) < 4.78 is 0.895. The van der Waals surface area contributed by atoms with E-state index in [1.54, 1.807) is 12.1 Å². The third-order valence-electron chi connectivity index (χ3n) is 2.53. The zero-order valence-corrected chi connectivity index (χ0v) is 12.9. The molecule has 0 saturated heterocycles. The number of nitrogens with zero attached hydrogens (tertiary/aromatic N) is 1. The minimum atomic E-state index is -0.593. The molecule has 0 aromatic heterocycles. The Morgan fingerprint density at radius 3 is 2.55 bits per heavy atom. The Morgan fingerprint density at radius 2 is 1.95 bits per heavy atom. The molecule has 0 saturated carbocycles. The van der Waals surface area contributed by atoms with Crippen molar-refractivity contribution in [2.45, 2.75) is 0 Å². The topological polar surface area (TPSA) is 72.2 Å². The van der Waals surface area contributed by atoms with Gasteiger partial charge in [0.2, 0.25) is 0 Å². The van der Waals surface area contributed by atoms with Gasteiger partial charge in [0.25, 0.3) is 11.6 Å². The SMILES string of the molecule is O=C(Nc1ccccc1I)c1ccc([N+](=O)[O-])c(Cl)c1. The second kappa shape index (κ2) is 6.19. The number of hydrogen-bond acceptors (Lipinski definition) is 3.